The van der Waals surface area contributed by atoms with E-state index in [0.717, 1.165) is 6.42 Å². The molecule has 1 unspecified atom stereocenters. The molecule has 40 heavy (non-hydrogen) atoms. The van der Waals surface area contributed by atoms with Gasteiger partial charge in [0.15, 0.2) is 0 Å². The maximum absolute atomic E-state index is 13.5. The zero-order valence-electron chi connectivity index (χ0n) is 21.9. The first-order valence-corrected chi connectivity index (χ1v) is 11.6. The van der Waals surface area contributed by atoms with Gasteiger partial charge in [0, 0.05) is 0 Å². The second-order valence-corrected chi connectivity index (χ2v) is 9.52. The fourth-order valence-corrected chi connectivity index (χ4v) is 2.61. The Morgan fingerprint density at radius 1 is 0.775 bits per heavy atom. The van der Waals surface area contributed by atoms with Crippen LogP contribution >= 0.6 is 0 Å². The van der Waals surface area contributed by atoms with Gasteiger partial charge in [0.1, 0.15) is 5.75 Å². The van der Waals surface area contributed by atoms with E-state index in [2.05, 4.69) is 18.6 Å². The van der Waals surface area contributed by atoms with Gasteiger partial charge in [-0.3, -0.25) is 4.79 Å². The molecule has 0 bridgehead atoms. The molecule has 0 fully saturated rings. The fraction of sp³-hybridized carbons (Fsp3) is 0.708. The van der Waals surface area contributed by atoms with Gasteiger partial charge < -0.3 is 9.84 Å². The molecular formula is C24H29F13O3. The van der Waals surface area contributed by atoms with E-state index in [4.69, 9.17) is 5.11 Å². The third kappa shape index (κ3) is 7.65. The quantitative estimate of drug-likeness (QED) is 0.201. The Hall–Kier alpha value is -2.42. The molecule has 0 saturated heterocycles. The summed E-state index contributed by atoms with van der Waals surface area (Å²) >= 11 is 0. The molecule has 0 aromatic heterocycles. The van der Waals surface area contributed by atoms with Crippen LogP contribution in [0.25, 0.3) is 0 Å². The van der Waals surface area contributed by atoms with Gasteiger partial charge in [-0.05, 0) is 50.3 Å². The van der Waals surface area contributed by atoms with Gasteiger partial charge in [0.05, 0.1) is 18.4 Å². The molecule has 1 rings (SSSR count). The minimum Gasteiger partial charge on any atom is -0.508 e. The average Bonchev–Trinajstić information content (AvgIpc) is 2.82. The number of phenols is 1. The van der Waals surface area contributed by atoms with Gasteiger partial charge in [0.25, 0.3) is 0 Å². The van der Waals surface area contributed by atoms with Crippen LogP contribution in [0.3, 0.4) is 0 Å². The Balaban J connectivity index is 0.00000114. The van der Waals surface area contributed by atoms with E-state index in [1.807, 2.05) is 12.1 Å². The summed E-state index contributed by atoms with van der Waals surface area (Å²) in [6, 6.07) is 7.43. The normalized spacial score (nSPS) is 14.8. The second kappa shape index (κ2) is 12.6. The Kier molecular flexibility index (Phi) is 11.9. The summed E-state index contributed by atoms with van der Waals surface area (Å²) < 4.78 is 172. The average molecular weight is 612 g/mol. The first-order chi connectivity index (χ1) is 17.7. The van der Waals surface area contributed by atoms with Gasteiger partial charge in [-0.25, -0.2) is 0 Å². The number of aromatic hydroxyl groups is 1. The van der Waals surface area contributed by atoms with E-state index < -0.39 is 60.2 Å². The van der Waals surface area contributed by atoms with Gasteiger partial charge in [0.2, 0.25) is 0 Å². The summed E-state index contributed by atoms with van der Waals surface area (Å²) in [5.74, 6) is -37.5. The van der Waals surface area contributed by atoms with Crippen LogP contribution in [0.2, 0.25) is 0 Å². The highest BCUT2D eigenvalue weighted by Gasteiger charge is 2.90. The van der Waals surface area contributed by atoms with Crippen molar-refractivity contribution >= 4 is 5.97 Å². The fourth-order valence-electron chi connectivity index (χ4n) is 2.61. The Morgan fingerprint density at radius 3 is 1.57 bits per heavy atom. The predicted octanol–water partition coefficient (Wildman–Crippen LogP) is 9.00. The maximum atomic E-state index is 13.5. The number of esters is 1. The van der Waals surface area contributed by atoms with Crippen molar-refractivity contribution in [3.8, 4) is 5.75 Å². The third-order valence-electron chi connectivity index (χ3n) is 6.16. The maximum Gasteiger partial charge on any atom is 0.460 e. The number of halogens is 13. The van der Waals surface area contributed by atoms with Crippen LogP contribution in [-0.2, 0) is 9.53 Å². The lowest BCUT2D eigenvalue weighted by molar-refractivity contribution is -0.440. The molecule has 234 valence electrons. The summed E-state index contributed by atoms with van der Waals surface area (Å²) in [6.07, 6.45) is -8.82. The Labute approximate surface area is 221 Å². The molecule has 0 aliphatic rings. The lowest BCUT2D eigenvalue weighted by Crippen LogP contribution is -2.70. The number of phenolic OH excluding ortho intramolecular Hbond substituents is 1. The van der Waals surface area contributed by atoms with Gasteiger partial charge >= 0.3 is 41.8 Å². The molecule has 0 heterocycles. The van der Waals surface area contributed by atoms with Crippen LogP contribution < -0.4 is 0 Å². The molecule has 1 aromatic rings. The molecule has 16 heteroatoms. The zero-order valence-corrected chi connectivity index (χ0v) is 21.9. The summed E-state index contributed by atoms with van der Waals surface area (Å²) in [7, 11) is 0. The summed E-state index contributed by atoms with van der Waals surface area (Å²) in [5, 5.41) is 9.01. The Morgan fingerprint density at radius 2 is 1.20 bits per heavy atom. The van der Waals surface area contributed by atoms with Crippen LogP contribution in [0.5, 0.6) is 5.75 Å². The second-order valence-electron chi connectivity index (χ2n) is 9.52. The number of benzene rings is 1. The molecular weight excluding hydrogens is 583 g/mol. The number of hydrogen-bond donors (Lipinski definition) is 1. The minimum atomic E-state index is -7.94. The van der Waals surface area contributed by atoms with Crippen molar-refractivity contribution in [2.75, 3.05) is 6.61 Å². The lowest BCUT2D eigenvalue weighted by Gasteiger charge is -2.39. The summed E-state index contributed by atoms with van der Waals surface area (Å²) in [6.45, 7) is 6.48. The van der Waals surface area contributed by atoms with Crippen LogP contribution in [0.1, 0.15) is 65.4 Å². The van der Waals surface area contributed by atoms with E-state index in [-0.39, 0.29) is 6.42 Å². The molecule has 1 N–H and O–H groups in total. The topological polar surface area (TPSA) is 46.5 Å². The number of ether oxygens (including phenoxy) is 1. The van der Waals surface area contributed by atoms with E-state index >= 15 is 0 Å². The number of alkyl halides is 13. The van der Waals surface area contributed by atoms with Crippen LogP contribution in [0.4, 0.5) is 57.1 Å². The van der Waals surface area contributed by atoms with Crippen molar-refractivity contribution in [1.29, 1.82) is 0 Å². The van der Waals surface area contributed by atoms with Gasteiger partial charge in [-0.2, -0.15) is 57.1 Å². The first kappa shape index (κ1) is 37.6. The van der Waals surface area contributed by atoms with Crippen molar-refractivity contribution < 1.29 is 71.7 Å². The van der Waals surface area contributed by atoms with Crippen LogP contribution in [0, 0.1) is 5.41 Å². The first-order valence-electron chi connectivity index (χ1n) is 11.6. The number of carbonyl (C=O) groups is 1. The molecule has 1 aromatic carbocycles. The van der Waals surface area contributed by atoms with Crippen molar-refractivity contribution in [3.05, 3.63) is 29.8 Å². The van der Waals surface area contributed by atoms with E-state index in [1.165, 1.54) is 26.3 Å². The van der Waals surface area contributed by atoms with Crippen LogP contribution in [0.15, 0.2) is 24.3 Å². The molecule has 0 aliphatic heterocycles. The molecule has 0 saturated carbocycles. The zero-order chi connectivity index (χ0) is 32.2. The number of hydrogen-bond acceptors (Lipinski definition) is 3. The van der Waals surface area contributed by atoms with E-state index in [9.17, 15) is 61.9 Å². The van der Waals surface area contributed by atoms with Gasteiger partial charge in [-0.1, -0.05) is 32.9 Å². The molecule has 1 atom stereocenters. The van der Waals surface area contributed by atoms with Gasteiger partial charge in [-0.15, -0.1) is 0 Å². The van der Waals surface area contributed by atoms with E-state index in [1.54, 1.807) is 12.1 Å². The third-order valence-corrected chi connectivity index (χ3v) is 6.16. The molecule has 0 amide bonds. The highest BCUT2D eigenvalue weighted by atomic mass is 19.4. The van der Waals surface area contributed by atoms with Crippen LogP contribution in [-0.4, -0.2) is 53.5 Å². The van der Waals surface area contributed by atoms with Crippen molar-refractivity contribution in [2.45, 2.75) is 95.6 Å². The number of carbonyl (C=O) groups excluding carboxylic acids is 1. The molecule has 0 aliphatic carbocycles. The largest absolute Gasteiger partial charge is 0.508 e. The predicted molar refractivity (Wildman–Crippen MR) is 117 cm³/mol. The number of rotatable bonds is 11. The Bertz CT molecular complexity index is 956. The summed E-state index contributed by atoms with van der Waals surface area (Å²) in [5.41, 5.74) is -0.0332. The van der Waals surface area contributed by atoms with Crippen molar-refractivity contribution in [1.82, 2.24) is 0 Å². The highest BCUT2D eigenvalue weighted by molar-refractivity contribution is 5.75. The van der Waals surface area contributed by atoms with Crippen molar-refractivity contribution in [3.63, 3.8) is 0 Å². The summed E-state index contributed by atoms with van der Waals surface area (Å²) in [4.78, 5) is 11.5. The monoisotopic (exact) mass is 612 g/mol. The molecule has 3 nitrogen and oxygen atoms in total. The SMILES string of the molecule is CCC(C)(C)C(=O)OCCC(F)(F)C(F)(F)C(F)(F)C(F)(F)C(F)(F)C(F)(F)F.CCC(C)c1ccc(O)cc1. The highest BCUT2D eigenvalue weighted by Crippen LogP contribution is 2.60. The molecule has 0 spiro atoms. The van der Waals surface area contributed by atoms with Crippen molar-refractivity contribution in [2.24, 2.45) is 5.41 Å². The smallest absolute Gasteiger partial charge is 0.460 e. The molecule has 0 radical (unpaired) electrons. The minimum absolute atomic E-state index is 0.0508. The standard InChI is InChI=1S/C14H15F13O2.C10H14O/c1-4-8(2,3)7(28)29-6-5-9(15,16)10(17,18)11(19,20)12(21,22)13(23,24)14(25,26)27;1-3-8(2)9-4-6-10(11)7-5-9/h4-6H2,1-3H3;4-8,11H,3H2,1-2H3. The lowest BCUT2D eigenvalue weighted by atomic mass is 9.90. The van der Waals surface area contributed by atoms with E-state index in [0.29, 0.717) is 11.7 Å².